The van der Waals surface area contributed by atoms with Crippen molar-refractivity contribution in [1.82, 2.24) is 9.97 Å². The third-order valence-corrected chi connectivity index (χ3v) is 5.44. The monoisotopic (exact) mass is 374 g/mol. The van der Waals surface area contributed by atoms with Gasteiger partial charge >= 0.3 is 0 Å². The maximum absolute atomic E-state index is 4.97. The molecule has 0 atom stereocenters. The van der Waals surface area contributed by atoms with Crippen molar-refractivity contribution >= 4 is 6.08 Å². The minimum Gasteiger partial charge on any atom is -0.251 e. The molecule has 0 saturated heterocycles. The van der Waals surface area contributed by atoms with E-state index in [9.17, 15) is 0 Å². The summed E-state index contributed by atoms with van der Waals surface area (Å²) in [5.74, 6) is 0. The maximum Gasteiger partial charge on any atom is 0.0970 e. The Morgan fingerprint density at radius 1 is 0.655 bits per heavy atom. The number of hydrogen-bond donors (Lipinski definition) is 0. The Kier molecular flexibility index (Phi) is 4.33. The van der Waals surface area contributed by atoms with E-state index in [2.05, 4.69) is 98.8 Å². The Bertz CT molecular complexity index is 1220. The molecule has 2 nitrogen and oxygen atoms in total. The second-order valence-electron chi connectivity index (χ2n) is 7.55. The van der Waals surface area contributed by atoms with Crippen molar-refractivity contribution in [1.29, 1.82) is 0 Å². The summed E-state index contributed by atoms with van der Waals surface area (Å²) in [5.41, 5.74) is 11.3. The SMILES string of the molecule is Cc1cc(-c2ccccc2)c2c(n1)-c1nc(C)cc(-c3ccccc3)c1CC=C2. The summed E-state index contributed by atoms with van der Waals surface area (Å²) in [6, 6.07) is 25.5. The Hall–Kier alpha value is -3.52. The molecule has 140 valence electrons. The molecule has 0 aliphatic heterocycles. The fourth-order valence-corrected chi connectivity index (χ4v) is 4.16. The second kappa shape index (κ2) is 7.14. The van der Waals surface area contributed by atoms with Crippen LogP contribution in [0.25, 0.3) is 39.7 Å². The van der Waals surface area contributed by atoms with Gasteiger partial charge < -0.3 is 0 Å². The Balaban J connectivity index is 1.81. The van der Waals surface area contributed by atoms with E-state index in [1.807, 2.05) is 0 Å². The van der Waals surface area contributed by atoms with Gasteiger partial charge in [0, 0.05) is 17.0 Å². The lowest BCUT2D eigenvalue weighted by molar-refractivity contribution is 1.11. The van der Waals surface area contributed by atoms with Crippen LogP contribution in [0.15, 0.2) is 78.9 Å². The zero-order valence-corrected chi connectivity index (χ0v) is 16.7. The van der Waals surface area contributed by atoms with E-state index in [0.717, 1.165) is 34.8 Å². The summed E-state index contributed by atoms with van der Waals surface area (Å²) in [6.45, 7) is 4.13. The molecule has 2 heteroatoms. The summed E-state index contributed by atoms with van der Waals surface area (Å²) < 4.78 is 0. The number of benzene rings is 2. The number of aryl methyl sites for hydroxylation is 2. The molecule has 0 bridgehead atoms. The van der Waals surface area contributed by atoms with Crippen molar-refractivity contribution in [3.63, 3.8) is 0 Å². The summed E-state index contributed by atoms with van der Waals surface area (Å²) in [4.78, 5) is 9.94. The third-order valence-electron chi connectivity index (χ3n) is 5.44. The van der Waals surface area contributed by atoms with Crippen LogP contribution < -0.4 is 0 Å². The van der Waals surface area contributed by atoms with Crippen molar-refractivity contribution < 1.29 is 0 Å². The van der Waals surface area contributed by atoms with Gasteiger partial charge in [-0.15, -0.1) is 0 Å². The van der Waals surface area contributed by atoms with Crippen LogP contribution in [0.5, 0.6) is 0 Å². The number of rotatable bonds is 2. The highest BCUT2D eigenvalue weighted by molar-refractivity contribution is 5.88. The first kappa shape index (κ1) is 17.6. The summed E-state index contributed by atoms with van der Waals surface area (Å²) in [7, 11) is 0. The molecule has 2 heterocycles. The fraction of sp³-hybridized carbons (Fsp3) is 0.111. The molecule has 0 fully saturated rings. The van der Waals surface area contributed by atoms with Crippen LogP contribution in [0.3, 0.4) is 0 Å². The van der Waals surface area contributed by atoms with E-state index in [4.69, 9.17) is 9.97 Å². The summed E-state index contributed by atoms with van der Waals surface area (Å²) in [6.07, 6.45) is 5.31. The largest absolute Gasteiger partial charge is 0.251 e. The van der Waals surface area contributed by atoms with E-state index in [-0.39, 0.29) is 0 Å². The lowest BCUT2D eigenvalue weighted by Crippen LogP contribution is -2.02. The van der Waals surface area contributed by atoms with Gasteiger partial charge in [0.15, 0.2) is 0 Å². The number of nitrogens with zero attached hydrogens (tertiary/aromatic N) is 2. The summed E-state index contributed by atoms with van der Waals surface area (Å²) in [5, 5.41) is 0. The van der Waals surface area contributed by atoms with Crippen LogP contribution in [0, 0.1) is 13.8 Å². The lowest BCUT2D eigenvalue weighted by atomic mass is 9.93. The molecular weight excluding hydrogens is 352 g/mol. The molecule has 1 aliphatic rings. The minimum atomic E-state index is 0.844. The van der Waals surface area contributed by atoms with Crippen molar-refractivity contribution in [3.8, 4) is 33.6 Å². The van der Waals surface area contributed by atoms with Gasteiger partial charge in [0.05, 0.1) is 11.4 Å². The lowest BCUT2D eigenvalue weighted by Gasteiger charge is -2.16. The highest BCUT2D eigenvalue weighted by atomic mass is 14.8. The van der Waals surface area contributed by atoms with E-state index in [1.165, 1.54) is 27.8 Å². The van der Waals surface area contributed by atoms with Crippen LogP contribution in [0.4, 0.5) is 0 Å². The van der Waals surface area contributed by atoms with Gasteiger partial charge in [-0.05, 0) is 60.2 Å². The highest BCUT2D eigenvalue weighted by Gasteiger charge is 2.21. The van der Waals surface area contributed by atoms with Crippen molar-refractivity contribution in [2.24, 2.45) is 0 Å². The predicted octanol–water partition coefficient (Wildman–Crippen LogP) is 6.66. The minimum absolute atomic E-state index is 0.844. The van der Waals surface area contributed by atoms with Crippen molar-refractivity contribution in [2.75, 3.05) is 0 Å². The molecule has 0 amide bonds. The van der Waals surface area contributed by atoms with E-state index in [1.54, 1.807) is 0 Å². The number of pyridine rings is 2. The van der Waals surface area contributed by atoms with Gasteiger partial charge in [0.2, 0.25) is 0 Å². The van der Waals surface area contributed by atoms with E-state index >= 15 is 0 Å². The Morgan fingerprint density at radius 2 is 1.21 bits per heavy atom. The van der Waals surface area contributed by atoms with Gasteiger partial charge in [-0.1, -0.05) is 72.8 Å². The number of allylic oxidation sites excluding steroid dienone is 1. The first-order valence-corrected chi connectivity index (χ1v) is 10.0. The van der Waals surface area contributed by atoms with Gasteiger partial charge in [0.25, 0.3) is 0 Å². The molecule has 2 aromatic carbocycles. The maximum atomic E-state index is 4.97. The van der Waals surface area contributed by atoms with Crippen molar-refractivity contribution in [2.45, 2.75) is 20.3 Å². The Morgan fingerprint density at radius 3 is 1.86 bits per heavy atom. The molecule has 0 unspecified atom stereocenters. The molecule has 0 saturated carbocycles. The van der Waals surface area contributed by atoms with Crippen LogP contribution in [0.2, 0.25) is 0 Å². The number of fused-ring (bicyclic) bond motifs is 3. The highest BCUT2D eigenvalue weighted by Crippen LogP contribution is 2.39. The fourth-order valence-electron chi connectivity index (χ4n) is 4.16. The smallest absolute Gasteiger partial charge is 0.0970 e. The average Bonchev–Trinajstić information content (AvgIpc) is 2.93. The molecule has 1 aliphatic carbocycles. The third kappa shape index (κ3) is 3.17. The zero-order valence-electron chi connectivity index (χ0n) is 16.7. The molecule has 0 spiro atoms. The quantitative estimate of drug-likeness (QED) is 0.392. The molecule has 4 aromatic rings. The number of hydrogen-bond acceptors (Lipinski definition) is 2. The second-order valence-corrected chi connectivity index (χ2v) is 7.55. The zero-order chi connectivity index (χ0) is 19.8. The molecule has 0 N–H and O–H groups in total. The predicted molar refractivity (Wildman–Crippen MR) is 121 cm³/mol. The first-order valence-electron chi connectivity index (χ1n) is 10.0. The van der Waals surface area contributed by atoms with Crippen molar-refractivity contribution in [3.05, 3.63) is 101 Å². The van der Waals surface area contributed by atoms with Crippen LogP contribution >= 0.6 is 0 Å². The van der Waals surface area contributed by atoms with Gasteiger partial charge in [0.1, 0.15) is 0 Å². The molecule has 29 heavy (non-hydrogen) atoms. The average molecular weight is 374 g/mol. The molecule has 5 rings (SSSR count). The van der Waals surface area contributed by atoms with Gasteiger partial charge in [-0.2, -0.15) is 0 Å². The first-order chi connectivity index (χ1) is 14.2. The molecular formula is C27H22N2. The van der Waals surface area contributed by atoms with E-state index < -0.39 is 0 Å². The number of aromatic nitrogens is 2. The van der Waals surface area contributed by atoms with E-state index in [0.29, 0.717) is 0 Å². The topological polar surface area (TPSA) is 25.8 Å². The van der Waals surface area contributed by atoms with Crippen LogP contribution in [0.1, 0.15) is 22.5 Å². The van der Waals surface area contributed by atoms with Gasteiger partial charge in [-0.3, -0.25) is 9.97 Å². The molecule has 0 radical (unpaired) electrons. The molecule has 2 aromatic heterocycles. The Labute approximate surface area is 171 Å². The standard InChI is InChI=1S/C27H22N2/c1-18-16-24(20-10-5-3-6-11-20)22-14-9-15-23-25(21-12-7-4-8-13-21)17-19(2)29-27(23)26(22)28-18/h3-14,16-17H,15H2,1-2H3. The van der Waals surface area contributed by atoms with Crippen LogP contribution in [-0.4, -0.2) is 9.97 Å². The van der Waals surface area contributed by atoms with Crippen LogP contribution in [-0.2, 0) is 6.42 Å². The summed E-state index contributed by atoms with van der Waals surface area (Å²) >= 11 is 0. The normalized spacial score (nSPS) is 12.2. The van der Waals surface area contributed by atoms with Gasteiger partial charge in [-0.25, -0.2) is 0 Å².